The number of aromatic nitrogens is 2. The smallest absolute Gasteiger partial charge is 0.135 e. The summed E-state index contributed by atoms with van der Waals surface area (Å²) in [6.45, 7) is 0.832. The van der Waals surface area contributed by atoms with E-state index in [1.807, 2.05) is 18.3 Å². The second kappa shape index (κ2) is 3.52. The van der Waals surface area contributed by atoms with E-state index in [2.05, 4.69) is 26.1 Å². The highest BCUT2D eigenvalue weighted by atomic mass is 79.9. The lowest BCUT2D eigenvalue weighted by Gasteiger charge is -2.07. The summed E-state index contributed by atoms with van der Waals surface area (Å²) in [4.78, 5) is 0. The van der Waals surface area contributed by atoms with Crippen LogP contribution in [-0.2, 0) is 0 Å². The first-order valence-electron chi connectivity index (χ1n) is 5.08. The first-order chi connectivity index (χ1) is 7.33. The third kappa shape index (κ3) is 1.86. The minimum atomic E-state index is 0.773. The van der Waals surface area contributed by atoms with Gasteiger partial charge in [0, 0.05) is 11.5 Å². The Labute approximate surface area is 95.9 Å². The first-order valence-corrected chi connectivity index (χ1v) is 5.87. The lowest BCUT2D eigenvalue weighted by Crippen LogP contribution is -1.99. The van der Waals surface area contributed by atoms with Crippen molar-refractivity contribution in [2.24, 2.45) is 5.92 Å². The molecule has 0 bridgehead atoms. The molecule has 1 aliphatic rings. The summed E-state index contributed by atoms with van der Waals surface area (Å²) < 4.78 is 6.74. The molecule has 0 amide bonds. The van der Waals surface area contributed by atoms with Gasteiger partial charge in [-0.2, -0.15) is 5.10 Å². The summed E-state index contributed by atoms with van der Waals surface area (Å²) in [7, 11) is 0. The standard InChI is InChI=1S/C11H11BrN2O/c12-9-3-8-5-13-14-10(8)4-11(9)15-6-7-1-2-7/h3-5,7H,1-2,6H2,(H,13,14). The van der Waals surface area contributed by atoms with E-state index in [1.54, 1.807) is 0 Å². The third-order valence-corrected chi connectivity index (χ3v) is 3.28. The van der Waals surface area contributed by atoms with Crippen molar-refractivity contribution in [3.8, 4) is 5.75 Å². The Balaban J connectivity index is 1.90. The van der Waals surface area contributed by atoms with Crippen LogP contribution in [0.2, 0.25) is 0 Å². The fraction of sp³-hybridized carbons (Fsp3) is 0.364. The van der Waals surface area contributed by atoms with Crippen molar-refractivity contribution in [2.75, 3.05) is 6.61 Å². The monoisotopic (exact) mass is 266 g/mol. The minimum absolute atomic E-state index is 0.773. The number of rotatable bonds is 3. The van der Waals surface area contributed by atoms with E-state index in [0.29, 0.717) is 0 Å². The van der Waals surface area contributed by atoms with Gasteiger partial charge in [0.15, 0.2) is 0 Å². The van der Waals surface area contributed by atoms with Gasteiger partial charge in [0.05, 0.1) is 22.8 Å². The minimum Gasteiger partial charge on any atom is -0.492 e. The first kappa shape index (κ1) is 9.21. The second-order valence-electron chi connectivity index (χ2n) is 3.99. The molecule has 1 saturated carbocycles. The molecule has 1 aliphatic carbocycles. The van der Waals surface area contributed by atoms with Crippen molar-refractivity contribution in [2.45, 2.75) is 12.8 Å². The van der Waals surface area contributed by atoms with Gasteiger partial charge >= 0.3 is 0 Å². The average molecular weight is 267 g/mol. The van der Waals surface area contributed by atoms with Crippen molar-refractivity contribution >= 4 is 26.8 Å². The molecule has 1 aromatic carbocycles. The zero-order valence-electron chi connectivity index (χ0n) is 8.16. The molecular weight excluding hydrogens is 256 g/mol. The van der Waals surface area contributed by atoms with Crippen LogP contribution in [0.3, 0.4) is 0 Å². The number of nitrogens with zero attached hydrogens (tertiary/aromatic N) is 1. The Morgan fingerprint density at radius 3 is 3.13 bits per heavy atom. The van der Waals surface area contributed by atoms with E-state index in [9.17, 15) is 0 Å². The molecule has 3 rings (SSSR count). The van der Waals surface area contributed by atoms with Gasteiger partial charge in [-0.05, 0) is 40.8 Å². The third-order valence-electron chi connectivity index (χ3n) is 2.66. The Morgan fingerprint density at radius 2 is 2.33 bits per heavy atom. The SMILES string of the molecule is Brc1cc2cn[nH]c2cc1OCC1CC1. The van der Waals surface area contributed by atoms with Crippen LogP contribution in [0, 0.1) is 5.92 Å². The molecule has 0 radical (unpaired) electrons. The van der Waals surface area contributed by atoms with Crippen LogP contribution in [0.1, 0.15) is 12.8 Å². The van der Waals surface area contributed by atoms with E-state index < -0.39 is 0 Å². The van der Waals surface area contributed by atoms with E-state index in [-0.39, 0.29) is 0 Å². The fourth-order valence-corrected chi connectivity index (χ4v) is 2.02. The maximum Gasteiger partial charge on any atom is 0.135 e. The molecule has 0 unspecified atom stereocenters. The maximum absolute atomic E-state index is 5.74. The van der Waals surface area contributed by atoms with E-state index >= 15 is 0 Å². The number of fused-ring (bicyclic) bond motifs is 1. The topological polar surface area (TPSA) is 37.9 Å². The molecule has 1 aromatic heterocycles. The molecular formula is C11H11BrN2O. The molecule has 78 valence electrons. The summed E-state index contributed by atoms with van der Waals surface area (Å²) in [5.41, 5.74) is 1.02. The number of hydrogen-bond acceptors (Lipinski definition) is 2. The van der Waals surface area contributed by atoms with E-state index in [4.69, 9.17) is 4.74 Å². The molecule has 3 nitrogen and oxygen atoms in total. The number of nitrogens with one attached hydrogen (secondary N) is 1. The Bertz CT molecular complexity index is 490. The highest BCUT2D eigenvalue weighted by Crippen LogP contribution is 2.33. The zero-order chi connectivity index (χ0) is 10.3. The Kier molecular flexibility index (Phi) is 2.16. The van der Waals surface area contributed by atoms with Crippen LogP contribution in [0.15, 0.2) is 22.8 Å². The van der Waals surface area contributed by atoms with Crippen LogP contribution in [0.4, 0.5) is 0 Å². The van der Waals surface area contributed by atoms with Gasteiger partial charge in [-0.1, -0.05) is 0 Å². The van der Waals surface area contributed by atoms with Crippen molar-refractivity contribution in [3.05, 3.63) is 22.8 Å². The molecule has 4 heteroatoms. The molecule has 1 fully saturated rings. The summed E-state index contributed by atoms with van der Waals surface area (Å²) in [5, 5.41) is 8.03. The quantitative estimate of drug-likeness (QED) is 0.927. The van der Waals surface area contributed by atoms with Crippen LogP contribution >= 0.6 is 15.9 Å². The summed E-state index contributed by atoms with van der Waals surface area (Å²) in [6, 6.07) is 4.02. The van der Waals surface area contributed by atoms with Crippen LogP contribution in [0.25, 0.3) is 10.9 Å². The number of aromatic amines is 1. The maximum atomic E-state index is 5.74. The molecule has 0 saturated heterocycles. The predicted molar refractivity (Wildman–Crippen MR) is 62.0 cm³/mol. The average Bonchev–Trinajstić information content (AvgIpc) is 2.94. The largest absolute Gasteiger partial charge is 0.492 e. The zero-order valence-corrected chi connectivity index (χ0v) is 9.75. The van der Waals surface area contributed by atoms with Gasteiger partial charge in [0.25, 0.3) is 0 Å². The number of benzene rings is 1. The van der Waals surface area contributed by atoms with Gasteiger partial charge in [-0.15, -0.1) is 0 Å². The number of halogens is 1. The Morgan fingerprint density at radius 1 is 1.47 bits per heavy atom. The van der Waals surface area contributed by atoms with Gasteiger partial charge in [-0.3, -0.25) is 5.10 Å². The normalized spacial score (nSPS) is 15.8. The molecule has 0 atom stereocenters. The number of H-pyrrole nitrogens is 1. The number of ether oxygens (including phenoxy) is 1. The summed E-state index contributed by atoms with van der Waals surface area (Å²) in [5.74, 6) is 1.67. The molecule has 0 aliphatic heterocycles. The van der Waals surface area contributed by atoms with Crippen molar-refractivity contribution in [3.63, 3.8) is 0 Å². The van der Waals surface area contributed by atoms with Crippen LogP contribution in [-0.4, -0.2) is 16.8 Å². The van der Waals surface area contributed by atoms with Gasteiger partial charge < -0.3 is 4.74 Å². The second-order valence-corrected chi connectivity index (χ2v) is 4.85. The molecule has 15 heavy (non-hydrogen) atoms. The lowest BCUT2D eigenvalue weighted by atomic mass is 10.2. The Hall–Kier alpha value is -1.03. The van der Waals surface area contributed by atoms with Gasteiger partial charge in [0.2, 0.25) is 0 Å². The number of hydrogen-bond donors (Lipinski definition) is 1. The van der Waals surface area contributed by atoms with Gasteiger partial charge in [-0.25, -0.2) is 0 Å². The van der Waals surface area contributed by atoms with Gasteiger partial charge in [0.1, 0.15) is 5.75 Å². The molecule has 1 heterocycles. The highest BCUT2D eigenvalue weighted by molar-refractivity contribution is 9.10. The molecule has 1 N–H and O–H groups in total. The molecule has 0 spiro atoms. The van der Waals surface area contributed by atoms with Crippen molar-refractivity contribution in [1.29, 1.82) is 0 Å². The summed E-state index contributed by atoms with van der Waals surface area (Å²) >= 11 is 3.51. The van der Waals surface area contributed by atoms with Crippen molar-refractivity contribution in [1.82, 2.24) is 10.2 Å². The highest BCUT2D eigenvalue weighted by Gasteiger charge is 2.22. The van der Waals surface area contributed by atoms with Crippen LogP contribution in [0.5, 0.6) is 5.75 Å². The fourth-order valence-electron chi connectivity index (χ4n) is 1.55. The predicted octanol–water partition coefficient (Wildman–Crippen LogP) is 3.11. The van der Waals surface area contributed by atoms with E-state index in [0.717, 1.165) is 33.6 Å². The van der Waals surface area contributed by atoms with Crippen LogP contribution < -0.4 is 4.74 Å². The van der Waals surface area contributed by atoms with Crippen molar-refractivity contribution < 1.29 is 4.74 Å². The lowest BCUT2D eigenvalue weighted by molar-refractivity contribution is 0.298. The molecule has 2 aromatic rings. The van der Waals surface area contributed by atoms with E-state index in [1.165, 1.54) is 12.8 Å². The summed E-state index contributed by atoms with van der Waals surface area (Å²) in [6.07, 6.45) is 4.43.